The summed E-state index contributed by atoms with van der Waals surface area (Å²) in [6.45, 7) is 4.63. The first kappa shape index (κ1) is 17.0. The van der Waals surface area contributed by atoms with Crippen LogP contribution in [0.3, 0.4) is 0 Å². The van der Waals surface area contributed by atoms with E-state index in [1.54, 1.807) is 24.7 Å². The van der Waals surface area contributed by atoms with Crippen LogP contribution in [0.15, 0.2) is 36.9 Å². The minimum absolute atomic E-state index is 0.0412. The van der Waals surface area contributed by atoms with Crippen LogP contribution in [0.4, 0.5) is 5.82 Å². The van der Waals surface area contributed by atoms with E-state index in [-0.39, 0.29) is 5.91 Å². The second kappa shape index (κ2) is 7.05. The molecular weight excluding hydrogens is 372 g/mol. The van der Waals surface area contributed by atoms with Crippen LogP contribution < -0.4 is 4.90 Å². The van der Waals surface area contributed by atoms with Gasteiger partial charge in [-0.1, -0.05) is 11.6 Å². The molecule has 1 amide bonds. The summed E-state index contributed by atoms with van der Waals surface area (Å²) in [5.41, 5.74) is 0. The van der Waals surface area contributed by atoms with Gasteiger partial charge in [-0.15, -0.1) is 11.3 Å². The summed E-state index contributed by atoms with van der Waals surface area (Å²) in [5.74, 6) is 2.40. The summed E-state index contributed by atoms with van der Waals surface area (Å²) in [6.07, 6.45) is 5.29. The van der Waals surface area contributed by atoms with Gasteiger partial charge in [-0.25, -0.2) is 15.0 Å². The van der Waals surface area contributed by atoms with E-state index >= 15 is 0 Å². The quantitative estimate of drug-likeness (QED) is 0.690. The van der Waals surface area contributed by atoms with Crippen molar-refractivity contribution in [2.75, 3.05) is 31.1 Å². The number of hydrogen-bond acceptors (Lipinski definition) is 6. The monoisotopic (exact) mass is 388 g/mol. The van der Waals surface area contributed by atoms with Gasteiger partial charge in [-0.2, -0.15) is 0 Å². The maximum Gasteiger partial charge on any atom is 0.264 e. The number of anilines is 1. The van der Waals surface area contributed by atoms with Gasteiger partial charge in [0.25, 0.3) is 5.91 Å². The first-order chi connectivity index (χ1) is 12.6. The van der Waals surface area contributed by atoms with Gasteiger partial charge in [0.1, 0.15) is 23.8 Å². The lowest BCUT2D eigenvalue weighted by Gasteiger charge is -2.35. The SMILES string of the molecule is Cc1nc(N2CCN(C(=O)c3ccc(Cl)s3)CC2)cc(-n2ccnc2)n1. The molecule has 0 atom stereocenters. The van der Waals surface area contributed by atoms with Crippen LogP contribution >= 0.6 is 22.9 Å². The van der Waals surface area contributed by atoms with Crippen molar-refractivity contribution in [3.8, 4) is 5.82 Å². The number of nitrogens with zero attached hydrogens (tertiary/aromatic N) is 6. The minimum atomic E-state index is 0.0412. The van der Waals surface area contributed by atoms with Gasteiger partial charge in [0.15, 0.2) is 0 Å². The van der Waals surface area contributed by atoms with Crippen molar-refractivity contribution in [1.29, 1.82) is 0 Å². The highest BCUT2D eigenvalue weighted by Gasteiger charge is 2.24. The minimum Gasteiger partial charge on any atom is -0.353 e. The Kier molecular flexibility index (Phi) is 4.60. The number of amides is 1. The summed E-state index contributed by atoms with van der Waals surface area (Å²) in [6, 6.07) is 5.50. The highest BCUT2D eigenvalue weighted by Crippen LogP contribution is 2.24. The Morgan fingerprint density at radius 2 is 1.92 bits per heavy atom. The molecule has 0 radical (unpaired) electrons. The molecular formula is C17H17ClN6OS. The molecule has 0 bridgehead atoms. The lowest BCUT2D eigenvalue weighted by atomic mass is 10.3. The van der Waals surface area contributed by atoms with Crippen molar-refractivity contribution in [3.63, 3.8) is 0 Å². The number of carbonyl (C=O) groups is 1. The van der Waals surface area contributed by atoms with Gasteiger partial charge in [0.05, 0.1) is 9.21 Å². The van der Waals surface area contributed by atoms with Crippen molar-refractivity contribution in [3.05, 3.63) is 52.0 Å². The molecule has 0 unspecified atom stereocenters. The highest BCUT2D eigenvalue weighted by atomic mass is 35.5. The van der Waals surface area contributed by atoms with E-state index in [0.29, 0.717) is 28.1 Å². The molecule has 1 aliphatic rings. The van der Waals surface area contributed by atoms with E-state index in [2.05, 4.69) is 19.9 Å². The molecule has 0 N–H and O–H groups in total. The van der Waals surface area contributed by atoms with Crippen LogP contribution in [0.25, 0.3) is 5.82 Å². The Hall–Kier alpha value is -2.45. The first-order valence-electron chi connectivity index (χ1n) is 8.24. The largest absolute Gasteiger partial charge is 0.353 e. The number of imidazole rings is 1. The first-order valence-corrected chi connectivity index (χ1v) is 9.43. The lowest BCUT2D eigenvalue weighted by Crippen LogP contribution is -2.49. The number of piperazine rings is 1. The second-order valence-electron chi connectivity index (χ2n) is 5.98. The van der Waals surface area contributed by atoms with E-state index in [1.807, 2.05) is 28.7 Å². The lowest BCUT2D eigenvalue weighted by molar-refractivity contribution is 0.0751. The fourth-order valence-corrected chi connectivity index (χ4v) is 3.96. The summed E-state index contributed by atoms with van der Waals surface area (Å²) in [5, 5.41) is 0. The molecule has 26 heavy (non-hydrogen) atoms. The zero-order chi connectivity index (χ0) is 18.1. The maximum atomic E-state index is 12.5. The number of halogens is 1. The third kappa shape index (κ3) is 3.42. The van der Waals surface area contributed by atoms with Crippen LogP contribution in [-0.4, -0.2) is 56.5 Å². The molecule has 0 aliphatic carbocycles. The average Bonchev–Trinajstić information content (AvgIpc) is 3.32. The molecule has 9 heteroatoms. The molecule has 134 valence electrons. The zero-order valence-electron chi connectivity index (χ0n) is 14.2. The van der Waals surface area contributed by atoms with Gasteiger partial charge in [-0.3, -0.25) is 9.36 Å². The van der Waals surface area contributed by atoms with Gasteiger partial charge >= 0.3 is 0 Å². The summed E-state index contributed by atoms with van der Waals surface area (Å²) < 4.78 is 2.49. The van der Waals surface area contributed by atoms with Crippen LogP contribution in [0.2, 0.25) is 4.34 Å². The van der Waals surface area contributed by atoms with Gasteiger partial charge in [-0.05, 0) is 19.1 Å². The molecule has 1 fully saturated rings. The second-order valence-corrected chi connectivity index (χ2v) is 7.70. The summed E-state index contributed by atoms with van der Waals surface area (Å²) >= 11 is 7.26. The number of thiophene rings is 1. The molecule has 7 nitrogen and oxygen atoms in total. The van der Waals surface area contributed by atoms with E-state index in [0.717, 1.165) is 24.7 Å². The molecule has 1 aliphatic heterocycles. The molecule has 0 spiro atoms. The molecule has 4 heterocycles. The highest BCUT2D eigenvalue weighted by molar-refractivity contribution is 7.17. The number of carbonyl (C=O) groups excluding carboxylic acids is 1. The number of hydrogen-bond donors (Lipinski definition) is 0. The summed E-state index contributed by atoms with van der Waals surface area (Å²) in [7, 11) is 0. The zero-order valence-corrected chi connectivity index (χ0v) is 15.7. The Morgan fingerprint density at radius 3 is 2.58 bits per heavy atom. The third-order valence-electron chi connectivity index (χ3n) is 4.25. The van der Waals surface area contributed by atoms with Gasteiger partial charge < -0.3 is 9.80 Å². The standard InChI is InChI=1S/C17H17ClN6OS/c1-12-20-15(10-16(21-12)24-5-4-19-11-24)22-6-8-23(9-7-22)17(25)13-2-3-14(18)26-13/h2-5,10-11H,6-9H2,1H3. The van der Waals surface area contributed by atoms with Crippen LogP contribution in [-0.2, 0) is 0 Å². The van der Waals surface area contributed by atoms with E-state index < -0.39 is 0 Å². The van der Waals surface area contributed by atoms with Crippen molar-refractivity contribution < 1.29 is 4.79 Å². The number of aryl methyl sites for hydroxylation is 1. The predicted molar refractivity (Wildman–Crippen MR) is 101 cm³/mol. The Morgan fingerprint density at radius 1 is 1.15 bits per heavy atom. The normalized spacial score (nSPS) is 14.7. The van der Waals surface area contributed by atoms with Gasteiger partial charge in [0, 0.05) is 44.6 Å². The molecule has 3 aromatic rings. The topological polar surface area (TPSA) is 67.2 Å². The fourth-order valence-electron chi connectivity index (χ4n) is 2.95. The average molecular weight is 389 g/mol. The van der Waals surface area contributed by atoms with Crippen molar-refractivity contribution in [1.82, 2.24) is 24.4 Å². The fraction of sp³-hybridized carbons (Fsp3) is 0.294. The van der Waals surface area contributed by atoms with Crippen LogP contribution in [0, 0.1) is 6.92 Å². The van der Waals surface area contributed by atoms with E-state index in [9.17, 15) is 4.79 Å². The Labute approximate surface area is 159 Å². The molecule has 0 saturated carbocycles. The van der Waals surface area contributed by atoms with Crippen molar-refractivity contribution >= 4 is 34.7 Å². The van der Waals surface area contributed by atoms with Crippen molar-refractivity contribution in [2.45, 2.75) is 6.92 Å². The smallest absolute Gasteiger partial charge is 0.264 e. The van der Waals surface area contributed by atoms with E-state index in [1.165, 1.54) is 11.3 Å². The van der Waals surface area contributed by atoms with Gasteiger partial charge in [0.2, 0.25) is 0 Å². The summed E-state index contributed by atoms with van der Waals surface area (Å²) in [4.78, 5) is 30.4. The van der Waals surface area contributed by atoms with Crippen molar-refractivity contribution in [2.24, 2.45) is 0 Å². The van der Waals surface area contributed by atoms with Crippen LogP contribution in [0.1, 0.15) is 15.5 Å². The predicted octanol–water partition coefficient (Wildman–Crippen LogP) is 2.65. The molecule has 3 aromatic heterocycles. The Bertz CT molecular complexity index is 917. The Balaban J connectivity index is 1.47. The number of rotatable bonds is 3. The molecule has 1 saturated heterocycles. The number of aromatic nitrogens is 4. The molecule has 0 aromatic carbocycles. The maximum absolute atomic E-state index is 12.5. The van der Waals surface area contributed by atoms with Crippen LogP contribution in [0.5, 0.6) is 0 Å². The van der Waals surface area contributed by atoms with E-state index in [4.69, 9.17) is 11.6 Å². The molecule has 4 rings (SSSR count). The third-order valence-corrected chi connectivity index (χ3v) is 5.47.